The highest BCUT2D eigenvalue weighted by Crippen LogP contribution is 2.41. The van der Waals surface area contributed by atoms with Crippen LogP contribution < -0.4 is 5.32 Å². The van der Waals surface area contributed by atoms with Crippen molar-refractivity contribution >= 4 is 11.9 Å². The van der Waals surface area contributed by atoms with E-state index >= 15 is 0 Å². The second-order valence-electron chi connectivity index (χ2n) is 6.62. The molecule has 0 bridgehead atoms. The van der Waals surface area contributed by atoms with Gasteiger partial charge in [-0.25, -0.2) is 8.78 Å². The third-order valence-corrected chi connectivity index (χ3v) is 5.16. The smallest absolute Gasteiger partial charge is 0.309 e. The van der Waals surface area contributed by atoms with Gasteiger partial charge in [0, 0.05) is 18.5 Å². The second kappa shape index (κ2) is 6.19. The van der Waals surface area contributed by atoms with Gasteiger partial charge in [-0.2, -0.15) is 0 Å². The summed E-state index contributed by atoms with van der Waals surface area (Å²) >= 11 is 0. The highest BCUT2D eigenvalue weighted by Gasteiger charge is 2.59. The van der Waals surface area contributed by atoms with Crippen molar-refractivity contribution in [1.82, 2.24) is 10.2 Å². The predicted octanol–water partition coefficient (Wildman–Crippen LogP) is 1.48. The first kappa shape index (κ1) is 16.4. The molecule has 2 atom stereocenters. The van der Waals surface area contributed by atoms with E-state index in [0.717, 1.165) is 0 Å². The average molecular weight is 328 g/mol. The minimum atomic E-state index is -2.88. The van der Waals surface area contributed by atoms with Gasteiger partial charge in [0.25, 0.3) is 5.92 Å². The van der Waals surface area contributed by atoms with Crippen LogP contribution in [0.5, 0.6) is 0 Å². The van der Waals surface area contributed by atoms with Crippen LogP contribution in [-0.2, 0) is 14.3 Å². The maximum atomic E-state index is 14.1. The van der Waals surface area contributed by atoms with Gasteiger partial charge in [-0.3, -0.25) is 9.59 Å². The number of halogens is 2. The summed E-state index contributed by atoms with van der Waals surface area (Å²) < 4.78 is 33.2. The normalized spacial score (nSPS) is 35.9. The molecule has 0 aromatic heterocycles. The van der Waals surface area contributed by atoms with Gasteiger partial charge < -0.3 is 15.0 Å². The standard InChI is InChI=1S/C16H22F2N2O3/c1-2-7-23-15(22)10-3-5-11(6-4-10)20-13(21)8-12-14(20)16(17,18)9-19-12/h2,10-12,14,19H,1,3-9H2/t10-,11+,12-,14+/m0/s1. The van der Waals surface area contributed by atoms with Crippen molar-refractivity contribution in [2.45, 2.75) is 56.2 Å². The molecule has 3 fully saturated rings. The zero-order valence-corrected chi connectivity index (χ0v) is 13.0. The molecule has 2 saturated heterocycles. The minimum absolute atomic E-state index is 0.140. The Kier molecular flexibility index (Phi) is 4.40. The van der Waals surface area contributed by atoms with Gasteiger partial charge in [-0.05, 0) is 25.7 Å². The molecule has 1 aliphatic carbocycles. The van der Waals surface area contributed by atoms with Gasteiger partial charge in [0.1, 0.15) is 12.6 Å². The van der Waals surface area contributed by atoms with E-state index in [2.05, 4.69) is 11.9 Å². The molecule has 5 nitrogen and oxygen atoms in total. The lowest BCUT2D eigenvalue weighted by Gasteiger charge is -2.38. The molecule has 2 heterocycles. The molecule has 0 aromatic carbocycles. The van der Waals surface area contributed by atoms with E-state index < -0.39 is 18.0 Å². The van der Waals surface area contributed by atoms with Crippen molar-refractivity contribution in [3.05, 3.63) is 12.7 Å². The van der Waals surface area contributed by atoms with E-state index in [1.54, 1.807) is 0 Å². The topological polar surface area (TPSA) is 58.6 Å². The summed E-state index contributed by atoms with van der Waals surface area (Å²) in [5.41, 5.74) is 0. The van der Waals surface area contributed by atoms with Crippen LogP contribution in [0.1, 0.15) is 32.1 Å². The lowest BCUT2D eigenvalue weighted by molar-refractivity contribution is -0.149. The molecule has 23 heavy (non-hydrogen) atoms. The molecule has 3 aliphatic rings. The van der Waals surface area contributed by atoms with Crippen molar-refractivity contribution < 1.29 is 23.1 Å². The zero-order chi connectivity index (χ0) is 16.6. The summed E-state index contributed by atoms with van der Waals surface area (Å²) in [4.78, 5) is 25.4. The number of fused-ring (bicyclic) bond motifs is 1. The molecular formula is C16H22F2N2O3. The number of carbonyl (C=O) groups is 2. The van der Waals surface area contributed by atoms with Crippen LogP contribution in [0, 0.1) is 5.92 Å². The number of hydrogen-bond donors (Lipinski definition) is 1. The maximum absolute atomic E-state index is 14.1. The lowest BCUT2D eigenvalue weighted by Crippen LogP contribution is -2.52. The van der Waals surface area contributed by atoms with Crippen molar-refractivity contribution in [2.75, 3.05) is 13.2 Å². The minimum Gasteiger partial charge on any atom is -0.461 e. The molecule has 7 heteroatoms. The first-order valence-corrected chi connectivity index (χ1v) is 8.14. The van der Waals surface area contributed by atoms with Gasteiger partial charge in [0.05, 0.1) is 12.5 Å². The third-order valence-electron chi connectivity index (χ3n) is 5.16. The summed E-state index contributed by atoms with van der Waals surface area (Å²) in [6, 6.07) is -1.69. The molecule has 0 radical (unpaired) electrons. The largest absolute Gasteiger partial charge is 0.461 e. The number of hydrogen-bond acceptors (Lipinski definition) is 4. The zero-order valence-electron chi connectivity index (χ0n) is 13.0. The van der Waals surface area contributed by atoms with E-state index in [0.29, 0.717) is 25.7 Å². The summed E-state index contributed by atoms with van der Waals surface area (Å²) in [7, 11) is 0. The maximum Gasteiger partial charge on any atom is 0.309 e. The number of rotatable bonds is 4. The molecule has 1 saturated carbocycles. The van der Waals surface area contributed by atoms with E-state index in [4.69, 9.17) is 4.74 Å². The summed E-state index contributed by atoms with van der Waals surface area (Å²) in [5.74, 6) is -3.55. The first-order valence-electron chi connectivity index (χ1n) is 8.14. The molecule has 3 rings (SSSR count). The van der Waals surface area contributed by atoms with E-state index in [1.165, 1.54) is 11.0 Å². The molecule has 0 spiro atoms. The Morgan fingerprint density at radius 2 is 2.09 bits per heavy atom. The molecule has 0 unspecified atom stereocenters. The van der Waals surface area contributed by atoms with Crippen LogP contribution in [0.25, 0.3) is 0 Å². The Morgan fingerprint density at radius 1 is 1.39 bits per heavy atom. The average Bonchev–Trinajstić information content (AvgIpc) is 3.01. The summed E-state index contributed by atoms with van der Waals surface area (Å²) in [6.45, 7) is 3.32. The summed E-state index contributed by atoms with van der Waals surface area (Å²) in [5, 5.41) is 2.76. The first-order chi connectivity index (χ1) is 10.9. The van der Waals surface area contributed by atoms with Crippen LogP contribution in [0.15, 0.2) is 12.7 Å². The monoisotopic (exact) mass is 328 g/mol. The van der Waals surface area contributed by atoms with Crippen LogP contribution in [0.2, 0.25) is 0 Å². The fourth-order valence-electron chi connectivity index (χ4n) is 4.09. The van der Waals surface area contributed by atoms with Crippen LogP contribution in [0.3, 0.4) is 0 Å². The van der Waals surface area contributed by atoms with Crippen molar-refractivity contribution in [1.29, 1.82) is 0 Å². The van der Waals surface area contributed by atoms with E-state index in [9.17, 15) is 18.4 Å². The molecule has 1 N–H and O–H groups in total. The Bertz CT molecular complexity index is 504. The van der Waals surface area contributed by atoms with Crippen molar-refractivity contribution in [3.8, 4) is 0 Å². The Morgan fingerprint density at radius 3 is 2.74 bits per heavy atom. The van der Waals surface area contributed by atoms with Gasteiger partial charge in [-0.15, -0.1) is 0 Å². The fraction of sp³-hybridized carbons (Fsp3) is 0.750. The Labute approximate surface area is 134 Å². The summed E-state index contributed by atoms with van der Waals surface area (Å²) in [6.07, 6.45) is 3.93. The number of esters is 1. The highest BCUT2D eigenvalue weighted by molar-refractivity contribution is 5.81. The van der Waals surface area contributed by atoms with Gasteiger partial charge >= 0.3 is 5.97 Å². The van der Waals surface area contributed by atoms with Gasteiger partial charge in [-0.1, -0.05) is 12.7 Å². The number of likely N-dealkylation sites (tertiary alicyclic amines) is 1. The molecular weight excluding hydrogens is 306 g/mol. The predicted molar refractivity (Wildman–Crippen MR) is 78.9 cm³/mol. The number of alkyl halides is 2. The number of amides is 1. The van der Waals surface area contributed by atoms with Gasteiger partial charge in [0.15, 0.2) is 0 Å². The molecule has 2 aliphatic heterocycles. The van der Waals surface area contributed by atoms with Crippen LogP contribution >= 0.6 is 0 Å². The second-order valence-corrected chi connectivity index (χ2v) is 6.62. The molecule has 128 valence electrons. The highest BCUT2D eigenvalue weighted by atomic mass is 19.3. The number of ether oxygens (including phenoxy) is 1. The van der Waals surface area contributed by atoms with Gasteiger partial charge in [0.2, 0.25) is 5.91 Å². The van der Waals surface area contributed by atoms with E-state index in [1.807, 2.05) is 0 Å². The number of nitrogens with one attached hydrogen (secondary N) is 1. The van der Waals surface area contributed by atoms with Crippen LogP contribution in [0.4, 0.5) is 8.78 Å². The Hall–Kier alpha value is -1.50. The van der Waals surface area contributed by atoms with Crippen LogP contribution in [-0.4, -0.2) is 54.0 Å². The van der Waals surface area contributed by atoms with E-state index in [-0.39, 0.29) is 43.4 Å². The fourth-order valence-corrected chi connectivity index (χ4v) is 4.09. The van der Waals surface area contributed by atoms with Crippen molar-refractivity contribution in [2.24, 2.45) is 5.92 Å². The Balaban J connectivity index is 1.62. The van der Waals surface area contributed by atoms with Crippen molar-refractivity contribution in [3.63, 3.8) is 0 Å². The molecule has 0 aromatic rings. The molecule has 1 amide bonds. The number of carbonyl (C=O) groups excluding carboxylic acids is 2. The third kappa shape index (κ3) is 2.98. The SMILES string of the molecule is C=CCOC(=O)[C@H]1CC[C@@H](N2C(=O)C[C@@H]3NCC(F)(F)[C@@H]32)CC1. The lowest BCUT2D eigenvalue weighted by atomic mass is 9.85. The number of nitrogens with zero attached hydrogens (tertiary/aromatic N) is 1. The quantitative estimate of drug-likeness (QED) is 0.627.